The Hall–Kier alpha value is -0.650. The average molecular weight is 292 g/mol. The monoisotopic (exact) mass is 292 g/mol. The van der Waals surface area contributed by atoms with Crippen LogP contribution >= 0.6 is 11.3 Å². The summed E-state index contributed by atoms with van der Waals surface area (Å²) < 4.78 is 0. The third kappa shape index (κ3) is 2.85. The Kier molecular flexibility index (Phi) is 3.67. The van der Waals surface area contributed by atoms with E-state index in [1.807, 2.05) is 11.3 Å². The molecule has 0 spiro atoms. The van der Waals surface area contributed by atoms with Gasteiger partial charge in [0.2, 0.25) is 0 Å². The van der Waals surface area contributed by atoms with Crippen molar-refractivity contribution in [1.82, 2.24) is 15.2 Å². The molecule has 5 heteroatoms. The van der Waals surface area contributed by atoms with Crippen LogP contribution in [0.3, 0.4) is 0 Å². The number of anilines is 1. The van der Waals surface area contributed by atoms with Gasteiger partial charge in [-0.1, -0.05) is 0 Å². The van der Waals surface area contributed by atoms with Gasteiger partial charge in [0, 0.05) is 42.8 Å². The quantitative estimate of drug-likeness (QED) is 0.900. The summed E-state index contributed by atoms with van der Waals surface area (Å²) in [4.78, 5) is 11.2. The first-order valence-electron chi connectivity index (χ1n) is 8.05. The fourth-order valence-electron chi connectivity index (χ4n) is 3.38. The van der Waals surface area contributed by atoms with Crippen molar-refractivity contribution in [2.45, 2.75) is 50.7 Å². The first kappa shape index (κ1) is 13.0. The minimum absolute atomic E-state index is 0.773. The lowest BCUT2D eigenvalue weighted by molar-refractivity contribution is 0.260. The summed E-state index contributed by atoms with van der Waals surface area (Å²) in [5.41, 5.74) is 0. The van der Waals surface area contributed by atoms with Crippen LogP contribution in [0.25, 0.3) is 0 Å². The molecule has 1 atom stereocenters. The summed E-state index contributed by atoms with van der Waals surface area (Å²) in [6.07, 6.45) is 8.88. The Morgan fingerprint density at radius 3 is 2.85 bits per heavy atom. The SMILES string of the molecule is c1nc(N2CCC(N3CCCC3)C2)sc1CNC1CC1. The van der Waals surface area contributed by atoms with Crippen LogP contribution in [0.1, 0.15) is 37.0 Å². The minimum Gasteiger partial charge on any atom is -0.346 e. The lowest BCUT2D eigenvalue weighted by Gasteiger charge is -2.23. The first-order chi connectivity index (χ1) is 9.88. The first-order valence-corrected chi connectivity index (χ1v) is 8.87. The molecule has 0 aromatic carbocycles. The molecule has 3 fully saturated rings. The van der Waals surface area contributed by atoms with Crippen LogP contribution in [0.4, 0.5) is 5.13 Å². The van der Waals surface area contributed by atoms with Crippen LogP contribution in [0, 0.1) is 0 Å². The molecule has 3 heterocycles. The van der Waals surface area contributed by atoms with Crippen molar-refractivity contribution >= 4 is 16.5 Å². The van der Waals surface area contributed by atoms with E-state index in [0.29, 0.717) is 0 Å². The van der Waals surface area contributed by atoms with E-state index in [4.69, 9.17) is 0 Å². The highest BCUT2D eigenvalue weighted by molar-refractivity contribution is 7.15. The number of nitrogens with zero attached hydrogens (tertiary/aromatic N) is 3. The fraction of sp³-hybridized carbons (Fsp3) is 0.800. The zero-order valence-corrected chi connectivity index (χ0v) is 12.9. The van der Waals surface area contributed by atoms with Gasteiger partial charge >= 0.3 is 0 Å². The molecule has 0 amide bonds. The molecule has 3 aliphatic rings. The maximum absolute atomic E-state index is 4.64. The third-order valence-corrected chi connectivity index (χ3v) is 5.83. The molecular weight excluding hydrogens is 268 g/mol. The standard InChI is InChI=1S/C15H24N4S/c1-2-7-18(6-1)13-5-8-19(11-13)15-17-10-14(20-15)9-16-12-3-4-12/h10,12-13,16H,1-9,11H2. The summed E-state index contributed by atoms with van der Waals surface area (Å²) in [6, 6.07) is 1.56. The second kappa shape index (κ2) is 5.62. The summed E-state index contributed by atoms with van der Waals surface area (Å²) >= 11 is 1.88. The van der Waals surface area contributed by atoms with Crippen molar-refractivity contribution in [3.63, 3.8) is 0 Å². The molecule has 1 N–H and O–H groups in total. The summed E-state index contributed by atoms with van der Waals surface area (Å²) in [6.45, 7) is 6.00. The van der Waals surface area contributed by atoms with E-state index >= 15 is 0 Å². The molecule has 2 aliphatic heterocycles. The second-order valence-corrected chi connectivity index (χ2v) is 7.49. The molecule has 0 bridgehead atoms. The molecule has 2 saturated heterocycles. The smallest absolute Gasteiger partial charge is 0.185 e. The highest BCUT2D eigenvalue weighted by Crippen LogP contribution is 2.29. The fourth-order valence-corrected chi connectivity index (χ4v) is 4.27. The maximum atomic E-state index is 4.64. The zero-order chi connectivity index (χ0) is 13.4. The molecule has 1 aromatic heterocycles. The Morgan fingerprint density at radius 2 is 2.05 bits per heavy atom. The van der Waals surface area contributed by atoms with Gasteiger partial charge in [-0.25, -0.2) is 4.98 Å². The normalized spacial score (nSPS) is 27.6. The minimum atomic E-state index is 0.773. The molecule has 1 aliphatic carbocycles. The van der Waals surface area contributed by atoms with Crippen molar-refractivity contribution in [3.05, 3.63) is 11.1 Å². The van der Waals surface area contributed by atoms with Crippen LogP contribution in [-0.4, -0.2) is 48.1 Å². The lowest BCUT2D eigenvalue weighted by atomic mass is 10.2. The molecule has 110 valence electrons. The Morgan fingerprint density at radius 1 is 1.20 bits per heavy atom. The molecule has 4 nitrogen and oxygen atoms in total. The number of rotatable bonds is 5. The van der Waals surface area contributed by atoms with Crippen molar-refractivity contribution in [2.75, 3.05) is 31.1 Å². The van der Waals surface area contributed by atoms with Crippen LogP contribution in [-0.2, 0) is 6.54 Å². The van der Waals surface area contributed by atoms with Crippen molar-refractivity contribution in [3.8, 4) is 0 Å². The van der Waals surface area contributed by atoms with Gasteiger partial charge in [-0.3, -0.25) is 4.90 Å². The number of likely N-dealkylation sites (tertiary alicyclic amines) is 1. The Bertz CT molecular complexity index is 450. The van der Waals surface area contributed by atoms with Crippen molar-refractivity contribution < 1.29 is 0 Å². The van der Waals surface area contributed by atoms with E-state index in [1.165, 1.54) is 68.3 Å². The van der Waals surface area contributed by atoms with Gasteiger partial charge < -0.3 is 10.2 Å². The van der Waals surface area contributed by atoms with Gasteiger partial charge in [0.25, 0.3) is 0 Å². The molecule has 20 heavy (non-hydrogen) atoms. The van der Waals surface area contributed by atoms with Gasteiger partial charge in [0.15, 0.2) is 5.13 Å². The number of hydrogen-bond acceptors (Lipinski definition) is 5. The van der Waals surface area contributed by atoms with E-state index in [1.54, 1.807) is 0 Å². The van der Waals surface area contributed by atoms with Gasteiger partial charge in [0.1, 0.15) is 0 Å². The van der Waals surface area contributed by atoms with E-state index in [2.05, 4.69) is 26.3 Å². The molecule has 1 unspecified atom stereocenters. The van der Waals surface area contributed by atoms with Gasteiger partial charge in [-0.2, -0.15) is 0 Å². The van der Waals surface area contributed by atoms with Gasteiger partial charge in [0.05, 0.1) is 0 Å². The van der Waals surface area contributed by atoms with E-state index in [0.717, 1.165) is 18.6 Å². The average Bonchev–Trinajstić information content (AvgIpc) is 2.96. The van der Waals surface area contributed by atoms with Crippen molar-refractivity contribution in [2.24, 2.45) is 0 Å². The summed E-state index contributed by atoms with van der Waals surface area (Å²) in [7, 11) is 0. The van der Waals surface area contributed by atoms with Crippen LogP contribution in [0.15, 0.2) is 6.20 Å². The van der Waals surface area contributed by atoms with Crippen LogP contribution < -0.4 is 10.2 Å². The van der Waals surface area contributed by atoms with E-state index in [-0.39, 0.29) is 0 Å². The predicted molar refractivity (Wildman–Crippen MR) is 83.4 cm³/mol. The Labute approximate surface area is 125 Å². The number of aromatic nitrogens is 1. The van der Waals surface area contributed by atoms with E-state index < -0.39 is 0 Å². The topological polar surface area (TPSA) is 31.4 Å². The summed E-state index contributed by atoms with van der Waals surface area (Å²) in [5, 5.41) is 4.81. The molecule has 0 radical (unpaired) electrons. The summed E-state index contributed by atoms with van der Waals surface area (Å²) in [5.74, 6) is 0. The third-order valence-electron chi connectivity index (χ3n) is 4.77. The molecular formula is C15H24N4S. The van der Waals surface area contributed by atoms with Crippen LogP contribution in [0.2, 0.25) is 0 Å². The zero-order valence-electron chi connectivity index (χ0n) is 12.1. The highest BCUT2D eigenvalue weighted by Gasteiger charge is 2.30. The van der Waals surface area contributed by atoms with Gasteiger partial charge in [-0.05, 0) is 45.2 Å². The lowest BCUT2D eigenvalue weighted by Crippen LogP contribution is -2.35. The number of thiazole rings is 1. The predicted octanol–water partition coefficient (Wildman–Crippen LogP) is 2.07. The van der Waals surface area contributed by atoms with Gasteiger partial charge in [-0.15, -0.1) is 11.3 Å². The molecule has 1 aromatic rings. The number of hydrogen-bond donors (Lipinski definition) is 1. The molecule has 1 saturated carbocycles. The Balaban J connectivity index is 1.33. The van der Waals surface area contributed by atoms with Crippen molar-refractivity contribution in [1.29, 1.82) is 0 Å². The second-order valence-electron chi connectivity index (χ2n) is 6.40. The number of nitrogens with one attached hydrogen (secondary N) is 1. The maximum Gasteiger partial charge on any atom is 0.185 e. The highest BCUT2D eigenvalue weighted by atomic mass is 32.1. The van der Waals surface area contributed by atoms with Crippen LogP contribution in [0.5, 0.6) is 0 Å². The molecule has 4 rings (SSSR count). The largest absolute Gasteiger partial charge is 0.346 e. The van der Waals surface area contributed by atoms with E-state index in [9.17, 15) is 0 Å².